The lowest BCUT2D eigenvalue weighted by Gasteiger charge is -2.23. The Hall–Kier alpha value is -2.15. The van der Waals surface area contributed by atoms with Gasteiger partial charge in [-0.15, -0.1) is 0 Å². The number of rotatable bonds is 3. The lowest BCUT2D eigenvalue weighted by molar-refractivity contribution is -0.144. The number of hydrogen-bond acceptors (Lipinski definition) is 4. The van der Waals surface area contributed by atoms with Gasteiger partial charge in [0.2, 0.25) is 0 Å². The minimum absolute atomic E-state index is 0.134. The number of nitrogens with two attached hydrogens (primary N) is 1. The van der Waals surface area contributed by atoms with Crippen molar-refractivity contribution in [3.63, 3.8) is 0 Å². The summed E-state index contributed by atoms with van der Waals surface area (Å²) in [6.07, 6.45) is 0.144. The van der Waals surface area contributed by atoms with Crippen LogP contribution in [0.5, 0.6) is 0 Å². The summed E-state index contributed by atoms with van der Waals surface area (Å²) in [6.45, 7) is 0.0987. The second-order valence-electron chi connectivity index (χ2n) is 4.38. The highest BCUT2D eigenvalue weighted by Gasteiger charge is 2.44. The first-order chi connectivity index (χ1) is 8.94. The van der Waals surface area contributed by atoms with Crippen molar-refractivity contribution < 1.29 is 23.8 Å². The molecule has 0 aliphatic carbocycles. The molecule has 0 radical (unpaired) electrons. The summed E-state index contributed by atoms with van der Waals surface area (Å²) in [4.78, 5) is 23.2. The third-order valence-corrected chi connectivity index (χ3v) is 3.02. The molecule has 0 bridgehead atoms. The molecule has 1 unspecified atom stereocenters. The maximum absolute atomic E-state index is 13.6. The predicted molar refractivity (Wildman–Crippen MR) is 64.1 cm³/mol. The number of benzene rings is 1. The molecule has 1 saturated heterocycles. The second kappa shape index (κ2) is 4.85. The van der Waals surface area contributed by atoms with Crippen LogP contribution in [0.15, 0.2) is 18.2 Å². The highest BCUT2D eigenvalue weighted by Crippen LogP contribution is 2.20. The number of nitrogen functional groups attached to an aromatic ring is 1. The summed E-state index contributed by atoms with van der Waals surface area (Å²) in [5, 5.41) is 11.5. The number of ether oxygens (including phenoxy) is 1. The first-order valence-corrected chi connectivity index (χ1v) is 5.63. The van der Waals surface area contributed by atoms with Crippen LogP contribution in [-0.4, -0.2) is 35.7 Å². The van der Waals surface area contributed by atoms with Crippen molar-refractivity contribution in [2.45, 2.75) is 12.0 Å². The molecule has 4 N–H and O–H groups in total. The number of anilines is 1. The van der Waals surface area contributed by atoms with E-state index < -0.39 is 23.2 Å². The van der Waals surface area contributed by atoms with E-state index in [-0.39, 0.29) is 30.9 Å². The van der Waals surface area contributed by atoms with Crippen LogP contribution in [-0.2, 0) is 9.53 Å². The van der Waals surface area contributed by atoms with E-state index in [0.717, 1.165) is 6.07 Å². The minimum Gasteiger partial charge on any atom is -0.479 e. The molecule has 19 heavy (non-hydrogen) atoms. The summed E-state index contributed by atoms with van der Waals surface area (Å²) >= 11 is 0. The molecular weight excluding hydrogens is 255 g/mol. The first-order valence-electron chi connectivity index (χ1n) is 5.63. The van der Waals surface area contributed by atoms with E-state index in [0.29, 0.717) is 0 Å². The molecule has 102 valence electrons. The van der Waals surface area contributed by atoms with Gasteiger partial charge in [0, 0.05) is 18.7 Å². The molecule has 1 atom stereocenters. The molecule has 2 rings (SSSR count). The molecule has 7 heteroatoms. The van der Waals surface area contributed by atoms with Crippen molar-refractivity contribution in [3.8, 4) is 0 Å². The zero-order chi connectivity index (χ0) is 14.0. The first kappa shape index (κ1) is 13.3. The van der Waals surface area contributed by atoms with Gasteiger partial charge in [-0.1, -0.05) is 0 Å². The normalized spacial score (nSPS) is 22.2. The Morgan fingerprint density at radius 2 is 2.21 bits per heavy atom. The van der Waals surface area contributed by atoms with Crippen molar-refractivity contribution in [2.75, 3.05) is 18.9 Å². The van der Waals surface area contributed by atoms with Gasteiger partial charge in [0.1, 0.15) is 5.82 Å². The van der Waals surface area contributed by atoms with Gasteiger partial charge in [0.25, 0.3) is 5.91 Å². The van der Waals surface area contributed by atoms with Crippen LogP contribution in [0.4, 0.5) is 10.1 Å². The Morgan fingerprint density at radius 3 is 2.74 bits per heavy atom. The zero-order valence-electron chi connectivity index (χ0n) is 9.98. The van der Waals surface area contributed by atoms with Crippen molar-refractivity contribution in [3.05, 3.63) is 29.6 Å². The highest BCUT2D eigenvalue weighted by molar-refractivity contribution is 5.98. The number of amides is 1. The molecule has 1 aromatic rings. The largest absolute Gasteiger partial charge is 0.479 e. The molecule has 1 aliphatic rings. The number of aliphatic carboxylic acids is 1. The molecule has 1 fully saturated rings. The molecule has 0 spiro atoms. The van der Waals surface area contributed by atoms with Crippen LogP contribution in [0.1, 0.15) is 16.8 Å². The monoisotopic (exact) mass is 268 g/mol. The molecule has 1 aliphatic heterocycles. The van der Waals surface area contributed by atoms with Crippen molar-refractivity contribution in [1.29, 1.82) is 0 Å². The van der Waals surface area contributed by atoms with Gasteiger partial charge in [-0.25, -0.2) is 9.18 Å². The second-order valence-corrected chi connectivity index (χ2v) is 4.38. The van der Waals surface area contributed by atoms with Crippen LogP contribution in [0, 0.1) is 5.82 Å². The van der Waals surface area contributed by atoms with E-state index in [2.05, 4.69) is 5.32 Å². The molecular formula is C12H13FN2O4. The maximum Gasteiger partial charge on any atom is 0.331 e. The smallest absolute Gasteiger partial charge is 0.331 e. The van der Waals surface area contributed by atoms with Gasteiger partial charge >= 0.3 is 5.97 Å². The molecule has 0 saturated carbocycles. The van der Waals surface area contributed by atoms with Crippen LogP contribution in [0.25, 0.3) is 0 Å². The lowest BCUT2D eigenvalue weighted by Crippen LogP contribution is -2.55. The number of carboxylic acid groups (broad SMARTS) is 1. The average Bonchev–Trinajstić information content (AvgIpc) is 2.78. The van der Waals surface area contributed by atoms with E-state index >= 15 is 0 Å². The van der Waals surface area contributed by atoms with Crippen molar-refractivity contribution >= 4 is 17.6 Å². The van der Waals surface area contributed by atoms with Crippen LogP contribution >= 0.6 is 0 Å². The van der Waals surface area contributed by atoms with E-state index in [9.17, 15) is 14.0 Å². The van der Waals surface area contributed by atoms with Crippen molar-refractivity contribution in [1.82, 2.24) is 5.32 Å². The Bertz CT molecular complexity index is 526. The molecule has 1 aromatic carbocycles. The number of carbonyl (C=O) groups excluding carboxylic acids is 1. The van der Waals surface area contributed by atoms with Gasteiger partial charge < -0.3 is 20.9 Å². The Morgan fingerprint density at radius 1 is 1.47 bits per heavy atom. The number of hydrogen-bond donors (Lipinski definition) is 3. The van der Waals surface area contributed by atoms with Gasteiger partial charge in [0.15, 0.2) is 5.54 Å². The van der Waals surface area contributed by atoms with Gasteiger partial charge in [0.05, 0.1) is 12.2 Å². The fraction of sp³-hybridized carbons (Fsp3) is 0.333. The minimum atomic E-state index is -1.50. The Balaban J connectivity index is 2.22. The van der Waals surface area contributed by atoms with Gasteiger partial charge in [-0.2, -0.15) is 0 Å². The SMILES string of the molecule is Nc1ccc(C(=O)NC2(C(=O)O)CCOC2)c(F)c1. The van der Waals surface area contributed by atoms with Crippen LogP contribution in [0.3, 0.4) is 0 Å². The topological polar surface area (TPSA) is 102 Å². The van der Waals surface area contributed by atoms with Crippen LogP contribution < -0.4 is 11.1 Å². The zero-order valence-corrected chi connectivity index (χ0v) is 9.98. The summed E-state index contributed by atoms with van der Waals surface area (Å²) in [5.41, 5.74) is 3.82. The number of halogens is 1. The number of carbonyl (C=O) groups is 2. The number of carboxylic acids is 1. The predicted octanol–water partition coefficient (Wildman–Crippen LogP) is 0.381. The third-order valence-electron chi connectivity index (χ3n) is 3.02. The van der Waals surface area contributed by atoms with E-state index in [4.69, 9.17) is 15.6 Å². The molecule has 1 amide bonds. The fourth-order valence-corrected chi connectivity index (χ4v) is 1.89. The Labute approximate surface area is 108 Å². The molecule has 1 heterocycles. The standard InChI is InChI=1S/C12H13FN2O4/c13-9-5-7(14)1-2-8(9)10(16)15-12(11(17)18)3-4-19-6-12/h1-2,5H,3-4,6,14H2,(H,15,16)(H,17,18). The average molecular weight is 268 g/mol. The summed E-state index contributed by atoms with van der Waals surface area (Å²) in [7, 11) is 0. The van der Waals surface area contributed by atoms with Gasteiger partial charge in [-0.05, 0) is 18.2 Å². The third kappa shape index (κ3) is 2.50. The highest BCUT2D eigenvalue weighted by atomic mass is 19.1. The van der Waals surface area contributed by atoms with Crippen molar-refractivity contribution in [2.24, 2.45) is 0 Å². The summed E-state index contributed by atoms with van der Waals surface area (Å²) < 4.78 is 18.6. The Kier molecular flexibility index (Phi) is 3.39. The summed E-state index contributed by atoms with van der Waals surface area (Å²) in [6, 6.07) is 3.59. The van der Waals surface area contributed by atoms with E-state index in [1.165, 1.54) is 12.1 Å². The lowest BCUT2D eigenvalue weighted by atomic mass is 9.98. The van der Waals surface area contributed by atoms with Crippen LogP contribution in [0.2, 0.25) is 0 Å². The van der Waals surface area contributed by atoms with E-state index in [1.807, 2.05) is 0 Å². The molecule has 6 nitrogen and oxygen atoms in total. The molecule has 0 aromatic heterocycles. The number of nitrogens with one attached hydrogen (secondary N) is 1. The fourth-order valence-electron chi connectivity index (χ4n) is 1.89. The van der Waals surface area contributed by atoms with Gasteiger partial charge in [-0.3, -0.25) is 4.79 Å². The summed E-state index contributed by atoms with van der Waals surface area (Å²) in [5.74, 6) is -2.79. The van der Waals surface area contributed by atoms with E-state index in [1.54, 1.807) is 0 Å². The quantitative estimate of drug-likeness (QED) is 0.688. The maximum atomic E-state index is 13.6.